The molecule has 6 heteroatoms. The number of nitrogens with two attached hydrogens (primary N) is 1. The number of ether oxygens (including phenoxy) is 1. The highest BCUT2D eigenvalue weighted by molar-refractivity contribution is 14.1. The van der Waals surface area contributed by atoms with Gasteiger partial charge < -0.3 is 4.74 Å². The van der Waals surface area contributed by atoms with E-state index in [1.807, 2.05) is 0 Å². The van der Waals surface area contributed by atoms with Gasteiger partial charge in [0.15, 0.2) is 0 Å². The Morgan fingerprint density at radius 3 is 2.47 bits per heavy atom. The number of nitrogens with one attached hydrogen (secondary N) is 1. The molecular formula is C11H14I2N2O2. The predicted octanol–water partition coefficient (Wildman–Crippen LogP) is 2.68. The summed E-state index contributed by atoms with van der Waals surface area (Å²) in [6.45, 7) is 2.82. The van der Waals surface area contributed by atoms with Crippen LogP contribution in [-0.2, 0) is 0 Å². The van der Waals surface area contributed by atoms with E-state index in [0.29, 0.717) is 12.2 Å². The van der Waals surface area contributed by atoms with Crippen molar-refractivity contribution in [2.24, 2.45) is 5.84 Å². The van der Waals surface area contributed by atoms with Crippen LogP contribution in [0.25, 0.3) is 0 Å². The molecule has 0 saturated heterocycles. The van der Waals surface area contributed by atoms with E-state index in [1.165, 1.54) is 0 Å². The Balaban J connectivity index is 2.90. The van der Waals surface area contributed by atoms with Crippen LogP contribution >= 0.6 is 45.2 Å². The Kier molecular flexibility index (Phi) is 6.49. The Morgan fingerprint density at radius 1 is 1.41 bits per heavy atom. The number of amides is 1. The van der Waals surface area contributed by atoms with Crippen molar-refractivity contribution in [2.75, 3.05) is 6.61 Å². The molecule has 3 N–H and O–H groups in total. The van der Waals surface area contributed by atoms with Crippen LogP contribution in [0.4, 0.5) is 0 Å². The lowest BCUT2D eigenvalue weighted by molar-refractivity contribution is 0.0953. The number of rotatable bonds is 5. The molecule has 0 aromatic heterocycles. The smallest absolute Gasteiger partial charge is 0.265 e. The normalized spacial score (nSPS) is 10.1. The van der Waals surface area contributed by atoms with E-state index in [9.17, 15) is 4.79 Å². The first-order chi connectivity index (χ1) is 8.10. The van der Waals surface area contributed by atoms with E-state index in [1.54, 1.807) is 12.1 Å². The van der Waals surface area contributed by atoms with Crippen LogP contribution in [-0.4, -0.2) is 12.5 Å². The van der Waals surface area contributed by atoms with E-state index in [2.05, 4.69) is 57.5 Å². The molecule has 17 heavy (non-hydrogen) atoms. The molecule has 0 radical (unpaired) electrons. The second-order valence-corrected chi connectivity index (χ2v) is 5.77. The van der Waals surface area contributed by atoms with Gasteiger partial charge in [-0.3, -0.25) is 10.2 Å². The van der Waals surface area contributed by atoms with Crippen LogP contribution in [0.15, 0.2) is 12.1 Å². The lowest BCUT2D eigenvalue weighted by atomic mass is 10.2. The van der Waals surface area contributed by atoms with Crippen molar-refractivity contribution in [2.45, 2.75) is 19.8 Å². The fourth-order valence-corrected chi connectivity index (χ4v) is 3.31. The maximum Gasteiger partial charge on any atom is 0.265 e. The van der Waals surface area contributed by atoms with Gasteiger partial charge in [0.05, 0.1) is 13.7 Å². The van der Waals surface area contributed by atoms with Crippen LogP contribution in [0.5, 0.6) is 5.75 Å². The Bertz CT molecular complexity index is 387. The highest BCUT2D eigenvalue weighted by Crippen LogP contribution is 2.29. The zero-order valence-corrected chi connectivity index (χ0v) is 13.7. The van der Waals surface area contributed by atoms with Gasteiger partial charge in [-0.05, 0) is 63.7 Å². The zero-order chi connectivity index (χ0) is 12.8. The average molecular weight is 460 g/mol. The summed E-state index contributed by atoms with van der Waals surface area (Å²) < 4.78 is 7.54. The van der Waals surface area contributed by atoms with Gasteiger partial charge in [-0.2, -0.15) is 0 Å². The lowest BCUT2D eigenvalue weighted by Crippen LogP contribution is -2.30. The molecule has 0 unspecified atom stereocenters. The van der Waals surface area contributed by atoms with Crippen LogP contribution < -0.4 is 16.0 Å². The summed E-state index contributed by atoms with van der Waals surface area (Å²) in [5.41, 5.74) is 2.67. The summed E-state index contributed by atoms with van der Waals surface area (Å²) in [4.78, 5) is 11.4. The molecule has 1 aromatic carbocycles. The molecule has 1 rings (SSSR count). The maximum atomic E-state index is 11.4. The molecule has 0 aliphatic carbocycles. The topological polar surface area (TPSA) is 64.3 Å². The minimum absolute atomic E-state index is 0.291. The number of hydrogen-bond donors (Lipinski definition) is 2. The van der Waals surface area contributed by atoms with Crippen molar-refractivity contribution in [3.63, 3.8) is 0 Å². The number of carbonyl (C=O) groups excluding carboxylic acids is 1. The molecule has 0 spiro atoms. The second kappa shape index (κ2) is 7.37. The predicted molar refractivity (Wildman–Crippen MR) is 83.9 cm³/mol. The van der Waals surface area contributed by atoms with Gasteiger partial charge in [-0.15, -0.1) is 0 Å². The number of benzene rings is 1. The van der Waals surface area contributed by atoms with Gasteiger partial charge in [-0.1, -0.05) is 13.3 Å². The number of hydrazine groups is 1. The summed E-state index contributed by atoms with van der Waals surface area (Å²) in [7, 11) is 0. The SMILES string of the molecule is CCCCOc1c(I)cc(C(=O)NN)cc1I. The van der Waals surface area contributed by atoms with Crippen molar-refractivity contribution >= 4 is 51.1 Å². The third-order valence-corrected chi connectivity index (χ3v) is 3.74. The highest BCUT2D eigenvalue weighted by Gasteiger charge is 2.12. The van der Waals surface area contributed by atoms with Gasteiger partial charge in [-0.25, -0.2) is 5.84 Å². The molecule has 0 bridgehead atoms. The fourth-order valence-electron chi connectivity index (χ4n) is 1.23. The molecule has 1 amide bonds. The maximum absolute atomic E-state index is 11.4. The summed E-state index contributed by atoms with van der Waals surface area (Å²) in [6, 6.07) is 3.54. The second-order valence-electron chi connectivity index (χ2n) is 3.44. The first-order valence-corrected chi connectivity index (χ1v) is 7.38. The number of nitrogen functional groups attached to an aromatic ring is 1. The fraction of sp³-hybridized carbons (Fsp3) is 0.364. The average Bonchev–Trinajstić information content (AvgIpc) is 2.31. The lowest BCUT2D eigenvalue weighted by Gasteiger charge is -2.11. The van der Waals surface area contributed by atoms with E-state index in [4.69, 9.17) is 10.6 Å². The quantitative estimate of drug-likeness (QED) is 0.234. The van der Waals surface area contributed by atoms with Gasteiger partial charge >= 0.3 is 0 Å². The first kappa shape index (κ1) is 15.0. The summed E-state index contributed by atoms with van der Waals surface area (Å²) >= 11 is 4.32. The molecule has 0 saturated carbocycles. The molecule has 0 fully saturated rings. The standard InChI is InChI=1S/C11H14I2N2O2/c1-2-3-4-17-10-8(12)5-7(6-9(10)13)11(16)15-14/h5-6H,2-4,14H2,1H3,(H,15,16). The minimum Gasteiger partial charge on any atom is -0.491 e. The largest absolute Gasteiger partial charge is 0.491 e. The van der Waals surface area contributed by atoms with Crippen LogP contribution in [0.3, 0.4) is 0 Å². The molecule has 0 aliphatic rings. The van der Waals surface area contributed by atoms with Gasteiger partial charge in [0.25, 0.3) is 5.91 Å². The van der Waals surface area contributed by atoms with Crippen LogP contribution in [0, 0.1) is 7.14 Å². The molecule has 0 heterocycles. The molecular weight excluding hydrogens is 446 g/mol. The van der Waals surface area contributed by atoms with E-state index in [-0.39, 0.29) is 5.91 Å². The Hall–Kier alpha value is -0.0900. The Morgan fingerprint density at radius 2 is 2.00 bits per heavy atom. The summed E-state index contributed by atoms with van der Waals surface area (Å²) in [5.74, 6) is 5.65. The number of hydrogen-bond acceptors (Lipinski definition) is 3. The number of carbonyl (C=O) groups is 1. The molecule has 4 nitrogen and oxygen atoms in total. The molecule has 94 valence electrons. The van der Waals surface area contributed by atoms with Crippen molar-refractivity contribution in [1.29, 1.82) is 0 Å². The molecule has 1 aromatic rings. The monoisotopic (exact) mass is 460 g/mol. The van der Waals surface area contributed by atoms with Crippen molar-refractivity contribution in [1.82, 2.24) is 5.43 Å². The van der Waals surface area contributed by atoms with E-state index >= 15 is 0 Å². The highest BCUT2D eigenvalue weighted by atomic mass is 127. The summed E-state index contributed by atoms with van der Waals surface area (Å²) in [6.07, 6.45) is 2.12. The van der Waals surface area contributed by atoms with E-state index in [0.717, 1.165) is 25.7 Å². The van der Waals surface area contributed by atoms with E-state index < -0.39 is 0 Å². The van der Waals surface area contributed by atoms with Crippen molar-refractivity contribution in [3.8, 4) is 5.75 Å². The van der Waals surface area contributed by atoms with Gasteiger partial charge in [0, 0.05) is 5.56 Å². The molecule has 0 aliphatic heterocycles. The van der Waals surface area contributed by atoms with Crippen molar-refractivity contribution < 1.29 is 9.53 Å². The van der Waals surface area contributed by atoms with Crippen LogP contribution in [0.1, 0.15) is 30.1 Å². The minimum atomic E-state index is -0.291. The van der Waals surface area contributed by atoms with Gasteiger partial charge in [0.2, 0.25) is 0 Å². The summed E-state index contributed by atoms with van der Waals surface area (Å²) in [5, 5.41) is 0. The van der Waals surface area contributed by atoms with Crippen molar-refractivity contribution in [3.05, 3.63) is 24.8 Å². The van der Waals surface area contributed by atoms with Gasteiger partial charge in [0.1, 0.15) is 5.75 Å². The zero-order valence-electron chi connectivity index (χ0n) is 9.43. The number of unbranched alkanes of at least 4 members (excludes halogenated alkanes) is 1. The Labute approximate surface area is 128 Å². The third-order valence-electron chi connectivity index (χ3n) is 2.14. The van der Waals surface area contributed by atoms with Crippen LogP contribution in [0.2, 0.25) is 0 Å². The molecule has 0 atom stereocenters. The third kappa shape index (κ3) is 4.25. The first-order valence-electron chi connectivity index (χ1n) is 5.23. The number of halogens is 2.